The molecular formula is C19H29N3O3. The molecule has 138 valence electrons. The van der Waals surface area contributed by atoms with Crippen molar-refractivity contribution in [3.8, 4) is 5.75 Å². The van der Waals surface area contributed by atoms with E-state index in [2.05, 4.69) is 11.8 Å². The van der Waals surface area contributed by atoms with Crippen LogP contribution in [0.5, 0.6) is 5.75 Å². The van der Waals surface area contributed by atoms with Crippen molar-refractivity contribution in [1.29, 1.82) is 0 Å². The van der Waals surface area contributed by atoms with Crippen LogP contribution in [0.2, 0.25) is 0 Å². The highest BCUT2D eigenvalue weighted by molar-refractivity contribution is 5.84. The van der Waals surface area contributed by atoms with Crippen molar-refractivity contribution in [2.24, 2.45) is 0 Å². The molecule has 1 saturated heterocycles. The number of hydrogen-bond acceptors (Lipinski definition) is 4. The van der Waals surface area contributed by atoms with E-state index in [9.17, 15) is 9.59 Å². The van der Waals surface area contributed by atoms with E-state index in [1.807, 2.05) is 29.2 Å². The molecule has 0 unspecified atom stereocenters. The van der Waals surface area contributed by atoms with Crippen LogP contribution < -0.4 is 9.64 Å². The van der Waals surface area contributed by atoms with Gasteiger partial charge in [-0.2, -0.15) is 0 Å². The molecule has 2 rings (SSSR count). The third-order valence-corrected chi connectivity index (χ3v) is 4.62. The van der Waals surface area contributed by atoms with Gasteiger partial charge in [0, 0.05) is 45.3 Å². The average Bonchev–Trinajstić information content (AvgIpc) is 2.65. The number of hydrogen-bond donors (Lipinski definition) is 0. The zero-order valence-corrected chi connectivity index (χ0v) is 15.5. The van der Waals surface area contributed by atoms with E-state index in [0.717, 1.165) is 37.4 Å². The highest BCUT2D eigenvalue weighted by atomic mass is 16.5. The molecule has 0 aromatic heterocycles. The van der Waals surface area contributed by atoms with E-state index in [0.29, 0.717) is 19.6 Å². The molecule has 1 aromatic rings. The van der Waals surface area contributed by atoms with Gasteiger partial charge in [0.1, 0.15) is 5.75 Å². The average molecular weight is 347 g/mol. The second kappa shape index (κ2) is 9.30. The molecule has 1 heterocycles. The number of nitrogens with zero attached hydrogens (tertiary/aromatic N) is 3. The first-order valence-electron chi connectivity index (χ1n) is 8.97. The number of amides is 2. The third kappa shape index (κ3) is 5.37. The summed E-state index contributed by atoms with van der Waals surface area (Å²) in [5.41, 5.74) is 1.14. The lowest BCUT2D eigenvalue weighted by molar-refractivity contribution is -0.139. The Morgan fingerprint density at radius 3 is 2.28 bits per heavy atom. The molecule has 1 aromatic carbocycles. The Bertz CT molecular complexity index is 566. The van der Waals surface area contributed by atoms with Gasteiger partial charge in [0.05, 0.1) is 13.7 Å². The number of carbonyl (C=O) groups excluding carboxylic acids is 2. The molecule has 6 nitrogen and oxygen atoms in total. The predicted octanol–water partition coefficient (Wildman–Crippen LogP) is 1.99. The lowest BCUT2D eigenvalue weighted by atomic mass is 10.2. The molecule has 0 saturated carbocycles. The van der Waals surface area contributed by atoms with Gasteiger partial charge in [-0.15, -0.1) is 0 Å². The van der Waals surface area contributed by atoms with E-state index in [1.165, 1.54) is 6.92 Å². The van der Waals surface area contributed by atoms with Gasteiger partial charge in [-0.3, -0.25) is 9.59 Å². The van der Waals surface area contributed by atoms with E-state index < -0.39 is 0 Å². The summed E-state index contributed by atoms with van der Waals surface area (Å²) in [6.45, 7) is 7.43. The number of anilines is 1. The van der Waals surface area contributed by atoms with Gasteiger partial charge in [-0.25, -0.2) is 0 Å². The fourth-order valence-corrected chi connectivity index (χ4v) is 2.97. The van der Waals surface area contributed by atoms with E-state index in [-0.39, 0.29) is 18.4 Å². The van der Waals surface area contributed by atoms with E-state index in [4.69, 9.17) is 4.74 Å². The number of unbranched alkanes of at least 4 members (excludes halogenated alkanes) is 1. The molecule has 0 radical (unpaired) electrons. The number of carbonyl (C=O) groups is 2. The van der Waals surface area contributed by atoms with E-state index >= 15 is 0 Å². The normalized spacial score (nSPS) is 14.4. The summed E-state index contributed by atoms with van der Waals surface area (Å²) in [5.74, 6) is 0.855. The number of rotatable bonds is 7. The van der Waals surface area contributed by atoms with Crippen LogP contribution in [0.25, 0.3) is 0 Å². The molecule has 0 aliphatic carbocycles. The van der Waals surface area contributed by atoms with Crippen LogP contribution in [-0.2, 0) is 9.59 Å². The van der Waals surface area contributed by atoms with Crippen molar-refractivity contribution in [2.45, 2.75) is 26.7 Å². The minimum Gasteiger partial charge on any atom is -0.497 e. The summed E-state index contributed by atoms with van der Waals surface area (Å²) in [5, 5.41) is 0. The molecule has 1 aliphatic heterocycles. The number of methoxy groups -OCH3 is 1. The summed E-state index contributed by atoms with van der Waals surface area (Å²) < 4.78 is 5.19. The lowest BCUT2D eigenvalue weighted by Gasteiger charge is -2.37. The summed E-state index contributed by atoms with van der Waals surface area (Å²) in [6, 6.07) is 7.98. The highest BCUT2D eigenvalue weighted by Crippen LogP contribution is 2.20. The predicted molar refractivity (Wildman–Crippen MR) is 98.9 cm³/mol. The Morgan fingerprint density at radius 1 is 1.12 bits per heavy atom. The van der Waals surface area contributed by atoms with Gasteiger partial charge in [0.2, 0.25) is 11.8 Å². The topological polar surface area (TPSA) is 53.1 Å². The maximum absolute atomic E-state index is 12.5. The smallest absolute Gasteiger partial charge is 0.242 e. The number of piperazine rings is 1. The monoisotopic (exact) mass is 347 g/mol. The summed E-state index contributed by atoms with van der Waals surface area (Å²) in [7, 11) is 1.66. The molecule has 25 heavy (non-hydrogen) atoms. The fourth-order valence-electron chi connectivity index (χ4n) is 2.97. The van der Waals surface area contributed by atoms with Crippen molar-refractivity contribution in [3.05, 3.63) is 24.3 Å². The van der Waals surface area contributed by atoms with Crippen LogP contribution in [0.15, 0.2) is 24.3 Å². The molecule has 6 heteroatoms. The Kier molecular flexibility index (Phi) is 7.10. The largest absolute Gasteiger partial charge is 0.497 e. The Labute approximate surface area is 150 Å². The zero-order valence-electron chi connectivity index (χ0n) is 15.5. The molecule has 0 atom stereocenters. The second-order valence-electron chi connectivity index (χ2n) is 6.36. The van der Waals surface area contributed by atoms with Crippen LogP contribution in [0.1, 0.15) is 26.7 Å². The highest BCUT2D eigenvalue weighted by Gasteiger charge is 2.23. The zero-order chi connectivity index (χ0) is 18.2. The standard InChI is InChI=1S/C19H29N3O3/c1-4-5-10-22(16(2)23)15-19(24)21-13-11-20(12-14-21)17-6-8-18(25-3)9-7-17/h6-9H,4-5,10-15H2,1-3H3. The molecule has 0 bridgehead atoms. The minimum absolute atomic E-state index is 0.0290. The molecular weight excluding hydrogens is 318 g/mol. The molecule has 0 spiro atoms. The van der Waals surface area contributed by atoms with Crippen LogP contribution in [0.4, 0.5) is 5.69 Å². The number of benzene rings is 1. The Hall–Kier alpha value is -2.24. The fraction of sp³-hybridized carbons (Fsp3) is 0.579. The number of ether oxygens (including phenoxy) is 1. The van der Waals surface area contributed by atoms with Gasteiger partial charge in [-0.1, -0.05) is 13.3 Å². The van der Waals surface area contributed by atoms with Gasteiger partial charge in [0.25, 0.3) is 0 Å². The summed E-state index contributed by atoms with van der Waals surface area (Å²) >= 11 is 0. The first-order valence-corrected chi connectivity index (χ1v) is 8.97. The van der Waals surface area contributed by atoms with E-state index in [1.54, 1.807) is 12.0 Å². The van der Waals surface area contributed by atoms with Crippen molar-refractivity contribution in [1.82, 2.24) is 9.80 Å². The minimum atomic E-state index is -0.0290. The van der Waals surface area contributed by atoms with Crippen molar-refractivity contribution >= 4 is 17.5 Å². The van der Waals surface area contributed by atoms with Crippen LogP contribution in [-0.4, -0.2) is 68.0 Å². The first kappa shape index (κ1) is 19.1. The van der Waals surface area contributed by atoms with Crippen LogP contribution in [0, 0.1) is 0 Å². The van der Waals surface area contributed by atoms with Crippen molar-refractivity contribution in [2.75, 3.05) is 51.3 Å². The molecule has 1 aliphatic rings. The second-order valence-corrected chi connectivity index (χ2v) is 6.36. The van der Waals surface area contributed by atoms with Crippen molar-refractivity contribution < 1.29 is 14.3 Å². The molecule has 0 N–H and O–H groups in total. The Balaban J connectivity index is 1.85. The Morgan fingerprint density at radius 2 is 1.76 bits per heavy atom. The van der Waals surface area contributed by atoms with Gasteiger partial charge in [-0.05, 0) is 30.7 Å². The SMILES string of the molecule is CCCCN(CC(=O)N1CCN(c2ccc(OC)cc2)CC1)C(C)=O. The van der Waals surface area contributed by atoms with Gasteiger partial charge in [0.15, 0.2) is 0 Å². The quantitative estimate of drug-likeness (QED) is 0.757. The summed E-state index contributed by atoms with van der Waals surface area (Å²) in [4.78, 5) is 30.0. The molecule has 1 fully saturated rings. The van der Waals surface area contributed by atoms with Gasteiger partial charge >= 0.3 is 0 Å². The maximum atomic E-state index is 12.5. The summed E-state index contributed by atoms with van der Waals surface area (Å²) in [6.07, 6.45) is 1.94. The van der Waals surface area contributed by atoms with Gasteiger partial charge < -0.3 is 19.4 Å². The third-order valence-electron chi connectivity index (χ3n) is 4.62. The maximum Gasteiger partial charge on any atom is 0.242 e. The first-order chi connectivity index (χ1) is 12.0. The van der Waals surface area contributed by atoms with Crippen LogP contribution in [0.3, 0.4) is 0 Å². The lowest BCUT2D eigenvalue weighted by Crippen LogP contribution is -2.51. The molecule has 2 amide bonds. The van der Waals surface area contributed by atoms with Crippen LogP contribution >= 0.6 is 0 Å². The van der Waals surface area contributed by atoms with Crippen molar-refractivity contribution in [3.63, 3.8) is 0 Å².